The molecule has 1 saturated heterocycles. The van der Waals surface area contributed by atoms with Crippen molar-refractivity contribution in [2.75, 3.05) is 24.3 Å². The third kappa shape index (κ3) is 4.28. The number of carbonyl (C=O) groups is 1. The summed E-state index contributed by atoms with van der Waals surface area (Å²) in [5, 5.41) is 11.4. The van der Waals surface area contributed by atoms with Crippen LogP contribution in [-0.2, 0) is 14.6 Å². The van der Waals surface area contributed by atoms with Gasteiger partial charge in [0, 0.05) is 29.4 Å². The highest BCUT2D eigenvalue weighted by molar-refractivity contribution is 8.00. The summed E-state index contributed by atoms with van der Waals surface area (Å²) in [6, 6.07) is 17.5. The number of benzene rings is 2. The quantitative estimate of drug-likeness (QED) is 0.582. The number of fused-ring (bicyclic) bond motifs is 1. The Morgan fingerprint density at radius 3 is 2.45 bits per heavy atom. The number of nitrogens with zero attached hydrogens (tertiary/aromatic N) is 3. The Hall–Kier alpha value is -2.45. The molecule has 6 nitrogen and oxygen atoms in total. The lowest BCUT2D eigenvalue weighted by Crippen LogP contribution is -2.38. The molecule has 3 aromatic rings. The minimum atomic E-state index is -3.02. The maximum atomic E-state index is 12.6. The van der Waals surface area contributed by atoms with Gasteiger partial charge >= 0.3 is 0 Å². The second kappa shape index (κ2) is 8.12. The molecule has 0 spiro atoms. The molecule has 0 saturated carbocycles. The number of thioether (sulfide) groups is 1. The Labute approximate surface area is 174 Å². The lowest BCUT2D eigenvalue weighted by molar-refractivity contribution is -0.128. The van der Waals surface area contributed by atoms with Crippen LogP contribution in [0.25, 0.3) is 22.0 Å². The fourth-order valence-electron chi connectivity index (χ4n) is 3.51. The van der Waals surface area contributed by atoms with E-state index in [1.807, 2.05) is 54.6 Å². The molecular weight excluding hydrogens is 406 g/mol. The van der Waals surface area contributed by atoms with Crippen LogP contribution in [0.5, 0.6) is 0 Å². The molecule has 1 atom stereocenters. The average molecular weight is 428 g/mol. The fraction of sp³-hybridized carbons (Fsp3) is 0.286. The molecular formula is C21H21N3O3S2. The van der Waals surface area contributed by atoms with Crippen molar-refractivity contribution in [2.45, 2.75) is 17.5 Å². The smallest absolute Gasteiger partial charge is 0.233 e. The van der Waals surface area contributed by atoms with Gasteiger partial charge in [0.25, 0.3) is 0 Å². The maximum Gasteiger partial charge on any atom is 0.233 e. The number of rotatable bonds is 5. The molecule has 4 rings (SSSR count). The van der Waals surface area contributed by atoms with Gasteiger partial charge in [-0.2, -0.15) is 0 Å². The highest BCUT2D eigenvalue weighted by atomic mass is 32.2. The average Bonchev–Trinajstić information content (AvgIpc) is 3.11. The van der Waals surface area contributed by atoms with Crippen molar-refractivity contribution < 1.29 is 13.2 Å². The van der Waals surface area contributed by atoms with Crippen molar-refractivity contribution in [2.24, 2.45) is 0 Å². The van der Waals surface area contributed by atoms with Crippen LogP contribution in [0.1, 0.15) is 6.42 Å². The van der Waals surface area contributed by atoms with Gasteiger partial charge in [0.1, 0.15) is 10.7 Å². The summed E-state index contributed by atoms with van der Waals surface area (Å²) in [5.41, 5.74) is 1.80. The Balaban J connectivity index is 1.54. The van der Waals surface area contributed by atoms with Crippen molar-refractivity contribution in [3.8, 4) is 11.3 Å². The molecule has 29 heavy (non-hydrogen) atoms. The zero-order valence-corrected chi connectivity index (χ0v) is 17.6. The van der Waals surface area contributed by atoms with Gasteiger partial charge in [0.15, 0.2) is 9.84 Å². The predicted molar refractivity (Wildman–Crippen MR) is 116 cm³/mol. The van der Waals surface area contributed by atoms with E-state index in [0.717, 1.165) is 22.0 Å². The summed E-state index contributed by atoms with van der Waals surface area (Å²) in [6.07, 6.45) is 0.504. The van der Waals surface area contributed by atoms with Gasteiger partial charge in [0.2, 0.25) is 5.91 Å². The number of sulfone groups is 1. The van der Waals surface area contributed by atoms with E-state index in [0.29, 0.717) is 11.4 Å². The Bertz CT molecular complexity index is 1150. The highest BCUT2D eigenvalue weighted by Crippen LogP contribution is 2.31. The first kappa shape index (κ1) is 19.8. The summed E-state index contributed by atoms with van der Waals surface area (Å²) >= 11 is 1.33. The van der Waals surface area contributed by atoms with E-state index < -0.39 is 9.84 Å². The van der Waals surface area contributed by atoms with Gasteiger partial charge in [0.05, 0.1) is 17.3 Å². The molecule has 2 heterocycles. The van der Waals surface area contributed by atoms with E-state index in [-0.39, 0.29) is 29.2 Å². The standard InChI is InChI=1S/C21H21N3O3S2/c1-24(16-11-12-29(26,27)14-16)19(25)13-28-21-18-10-6-5-9-17(18)20(22-23-21)15-7-3-2-4-8-15/h2-10,16H,11-14H2,1H3/t16-/m1/s1. The van der Waals surface area contributed by atoms with Crippen LogP contribution in [0.15, 0.2) is 59.6 Å². The first-order valence-corrected chi connectivity index (χ1v) is 12.1. The zero-order chi connectivity index (χ0) is 20.4. The van der Waals surface area contributed by atoms with Crippen molar-refractivity contribution >= 4 is 38.3 Å². The third-order valence-electron chi connectivity index (χ3n) is 5.18. The zero-order valence-electron chi connectivity index (χ0n) is 16.0. The van der Waals surface area contributed by atoms with Crippen LogP contribution in [0.2, 0.25) is 0 Å². The van der Waals surface area contributed by atoms with Crippen LogP contribution in [0.4, 0.5) is 0 Å². The van der Waals surface area contributed by atoms with Gasteiger partial charge in [-0.05, 0) is 6.42 Å². The van der Waals surface area contributed by atoms with E-state index in [1.165, 1.54) is 11.8 Å². The first-order valence-electron chi connectivity index (χ1n) is 9.34. The molecule has 0 bridgehead atoms. The first-order chi connectivity index (χ1) is 13.9. The molecule has 1 aromatic heterocycles. The maximum absolute atomic E-state index is 12.6. The van der Waals surface area contributed by atoms with Crippen LogP contribution in [0, 0.1) is 0 Å². The van der Waals surface area contributed by atoms with Gasteiger partial charge < -0.3 is 4.90 Å². The lowest BCUT2D eigenvalue weighted by atomic mass is 10.1. The molecule has 1 amide bonds. The largest absolute Gasteiger partial charge is 0.341 e. The third-order valence-corrected chi connectivity index (χ3v) is 7.90. The molecule has 0 unspecified atom stereocenters. The van der Waals surface area contributed by atoms with Crippen LogP contribution >= 0.6 is 11.8 Å². The number of hydrogen-bond acceptors (Lipinski definition) is 6. The van der Waals surface area contributed by atoms with Crippen LogP contribution in [-0.4, -0.2) is 59.8 Å². The number of hydrogen-bond donors (Lipinski definition) is 0. The second-order valence-corrected chi connectivity index (χ2v) is 10.3. The summed E-state index contributed by atoms with van der Waals surface area (Å²) in [4.78, 5) is 14.2. The van der Waals surface area contributed by atoms with Crippen molar-refractivity contribution in [3.63, 3.8) is 0 Å². The molecule has 1 fully saturated rings. The number of aromatic nitrogens is 2. The van der Waals surface area contributed by atoms with E-state index in [1.54, 1.807) is 11.9 Å². The number of amides is 1. The summed E-state index contributed by atoms with van der Waals surface area (Å²) in [7, 11) is -1.35. The van der Waals surface area contributed by atoms with Gasteiger partial charge in [-0.25, -0.2) is 8.42 Å². The fourth-order valence-corrected chi connectivity index (χ4v) is 6.18. The Morgan fingerprint density at radius 1 is 1.07 bits per heavy atom. The molecule has 8 heteroatoms. The molecule has 0 N–H and O–H groups in total. The van der Waals surface area contributed by atoms with Gasteiger partial charge in [-0.15, -0.1) is 10.2 Å². The van der Waals surface area contributed by atoms with Crippen LogP contribution < -0.4 is 0 Å². The summed E-state index contributed by atoms with van der Waals surface area (Å²) in [6.45, 7) is 0. The van der Waals surface area contributed by atoms with Crippen molar-refractivity contribution in [3.05, 3.63) is 54.6 Å². The lowest BCUT2D eigenvalue weighted by Gasteiger charge is -2.23. The number of carbonyl (C=O) groups excluding carboxylic acids is 1. The highest BCUT2D eigenvalue weighted by Gasteiger charge is 2.32. The van der Waals surface area contributed by atoms with Crippen molar-refractivity contribution in [1.82, 2.24) is 15.1 Å². The molecule has 1 aliphatic heterocycles. The second-order valence-electron chi connectivity index (χ2n) is 7.12. The summed E-state index contributed by atoms with van der Waals surface area (Å²) < 4.78 is 23.4. The molecule has 150 valence electrons. The summed E-state index contributed by atoms with van der Waals surface area (Å²) in [5.74, 6) is 0.291. The monoisotopic (exact) mass is 427 g/mol. The molecule has 0 aliphatic carbocycles. The van der Waals surface area contributed by atoms with E-state index in [2.05, 4.69) is 10.2 Å². The molecule has 2 aromatic carbocycles. The minimum Gasteiger partial charge on any atom is -0.341 e. The topological polar surface area (TPSA) is 80.2 Å². The molecule has 1 aliphatic rings. The van der Waals surface area contributed by atoms with Gasteiger partial charge in [-0.1, -0.05) is 66.4 Å². The Kier molecular flexibility index (Phi) is 5.56. The Morgan fingerprint density at radius 2 is 1.76 bits per heavy atom. The SMILES string of the molecule is CN(C(=O)CSc1nnc(-c2ccccc2)c2ccccc12)[C@@H]1CCS(=O)(=O)C1. The molecule has 0 radical (unpaired) electrons. The predicted octanol–water partition coefficient (Wildman–Crippen LogP) is 3.03. The van der Waals surface area contributed by atoms with Crippen LogP contribution in [0.3, 0.4) is 0 Å². The van der Waals surface area contributed by atoms with Gasteiger partial charge in [-0.3, -0.25) is 4.79 Å². The minimum absolute atomic E-state index is 0.0500. The normalized spacial score (nSPS) is 18.0. The van der Waals surface area contributed by atoms with E-state index in [4.69, 9.17) is 0 Å². The van der Waals surface area contributed by atoms with Crippen molar-refractivity contribution in [1.29, 1.82) is 0 Å². The van der Waals surface area contributed by atoms with E-state index in [9.17, 15) is 13.2 Å². The van der Waals surface area contributed by atoms with E-state index >= 15 is 0 Å².